The molecule has 0 unspecified atom stereocenters. The summed E-state index contributed by atoms with van der Waals surface area (Å²) >= 11 is 0. The topological polar surface area (TPSA) is 60.8 Å². The molecule has 0 bridgehead atoms. The molecular weight excluding hydrogens is 290 g/mol. The summed E-state index contributed by atoms with van der Waals surface area (Å²) in [7, 11) is 0. The maximum absolute atomic E-state index is 11.0. The third kappa shape index (κ3) is 3.37. The fourth-order valence-electron chi connectivity index (χ4n) is 2.99. The molecule has 1 fully saturated rings. The molecule has 2 N–H and O–H groups in total. The highest BCUT2D eigenvalue weighted by molar-refractivity contribution is 5.76. The van der Waals surface area contributed by atoms with Gasteiger partial charge >= 0.3 is 5.97 Å². The number of aryl methyl sites for hydroxylation is 1. The van der Waals surface area contributed by atoms with Crippen molar-refractivity contribution >= 4 is 11.7 Å². The molecule has 1 aliphatic rings. The summed E-state index contributed by atoms with van der Waals surface area (Å²) in [6, 6.07) is 14.5. The smallest absolute Gasteiger partial charge is 0.310 e. The molecule has 3 rings (SSSR count). The number of carbonyl (C=O) groups is 1. The molecule has 23 heavy (non-hydrogen) atoms. The molecule has 4 nitrogen and oxygen atoms in total. The van der Waals surface area contributed by atoms with E-state index >= 15 is 0 Å². The molecule has 1 heterocycles. The second kappa shape index (κ2) is 6.42. The lowest BCUT2D eigenvalue weighted by Crippen LogP contribution is -2.50. The van der Waals surface area contributed by atoms with Gasteiger partial charge in [-0.15, -0.1) is 0 Å². The minimum absolute atomic E-state index is 0.146. The number of aliphatic hydroxyl groups is 1. The van der Waals surface area contributed by atoms with Crippen LogP contribution in [0, 0.1) is 12.8 Å². The van der Waals surface area contributed by atoms with Crippen LogP contribution in [0.15, 0.2) is 42.5 Å². The molecule has 1 aliphatic heterocycles. The van der Waals surface area contributed by atoms with Gasteiger partial charge in [0.1, 0.15) is 0 Å². The second-order valence-corrected chi connectivity index (χ2v) is 6.17. The summed E-state index contributed by atoms with van der Waals surface area (Å²) in [5.41, 5.74) is 5.59. The number of aliphatic carboxylic acids is 1. The third-order valence-electron chi connectivity index (χ3n) is 4.32. The molecule has 0 aromatic heterocycles. The third-order valence-corrected chi connectivity index (χ3v) is 4.32. The summed E-state index contributed by atoms with van der Waals surface area (Å²) in [5.74, 6) is -0.974. The number of hydrogen-bond acceptors (Lipinski definition) is 3. The van der Waals surface area contributed by atoms with E-state index in [1.54, 1.807) is 0 Å². The minimum Gasteiger partial charge on any atom is -0.481 e. The van der Waals surface area contributed by atoms with Gasteiger partial charge in [0, 0.05) is 25.4 Å². The Morgan fingerprint density at radius 2 is 1.96 bits per heavy atom. The van der Waals surface area contributed by atoms with Crippen LogP contribution in [0.1, 0.15) is 11.1 Å². The molecule has 2 aromatic carbocycles. The molecule has 0 spiro atoms. The Balaban J connectivity index is 1.86. The van der Waals surface area contributed by atoms with Crippen molar-refractivity contribution in [3.63, 3.8) is 0 Å². The average molecular weight is 311 g/mol. The largest absolute Gasteiger partial charge is 0.481 e. The zero-order valence-electron chi connectivity index (χ0n) is 13.2. The zero-order chi connectivity index (χ0) is 16.4. The number of hydrogen-bond donors (Lipinski definition) is 2. The highest BCUT2D eigenvalue weighted by Gasteiger charge is 2.32. The van der Waals surface area contributed by atoms with E-state index < -0.39 is 5.97 Å². The quantitative estimate of drug-likeness (QED) is 0.891. The van der Waals surface area contributed by atoms with Crippen LogP contribution in [0.4, 0.5) is 5.69 Å². The predicted molar refractivity (Wildman–Crippen MR) is 90.7 cm³/mol. The van der Waals surface area contributed by atoms with Crippen molar-refractivity contribution < 1.29 is 15.0 Å². The van der Waals surface area contributed by atoms with Crippen molar-refractivity contribution in [1.29, 1.82) is 0 Å². The molecule has 0 radical (unpaired) electrons. The Hall–Kier alpha value is -2.33. The van der Waals surface area contributed by atoms with Crippen molar-refractivity contribution in [3.8, 4) is 11.1 Å². The number of rotatable bonds is 5. The molecule has 2 aromatic rings. The Morgan fingerprint density at radius 1 is 1.17 bits per heavy atom. The van der Waals surface area contributed by atoms with Crippen molar-refractivity contribution in [2.45, 2.75) is 13.3 Å². The SMILES string of the molecule is Cc1cc(-c2cccc(CCO)c2)cc(N2CC(C(=O)O)C2)c1. The van der Waals surface area contributed by atoms with E-state index in [1.807, 2.05) is 12.1 Å². The fourth-order valence-corrected chi connectivity index (χ4v) is 2.99. The van der Waals surface area contributed by atoms with E-state index in [9.17, 15) is 4.79 Å². The monoisotopic (exact) mass is 311 g/mol. The van der Waals surface area contributed by atoms with Crippen LogP contribution >= 0.6 is 0 Å². The summed E-state index contributed by atoms with van der Waals surface area (Å²) < 4.78 is 0. The Kier molecular flexibility index (Phi) is 4.35. The summed E-state index contributed by atoms with van der Waals surface area (Å²) in [6.07, 6.45) is 0.652. The Bertz CT molecular complexity index is 720. The molecule has 0 amide bonds. The number of aliphatic hydroxyl groups excluding tert-OH is 1. The summed E-state index contributed by atoms with van der Waals surface area (Å²) in [6.45, 7) is 3.34. The van der Waals surface area contributed by atoms with Crippen LogP contribution in [-0.2, 0) is 11.2 Å². The lowest BCUT2D eigenvalue weighted by atomic mass is 9.96. The van der Waals surface area contributed by atoms with E-state index in [4.69, 9.17) is 10.2 Å². The standard InChI is InChI=1S/C19H21NO3/c1-13-7-16(15-4-2-3-14(9-15)5-6-21)10-18(8-13)20-11-17(12-20)19(22)23/h2-4,7-10,17,21H,5-6,11-12H2,1H3,(H,22,23). The molecular formula is C19H21NO3. The Morgan fingerprint density at radius 3 is 2.65 bits per heavy atom. The second-order valence-electron chi connectivity index (χ2n) is 6.17. The van der Waals surface area contributed by atoms with Gasteiger partial charge in [-0.3, -0.25) is 4.79 Å². The van der Waals surface area contributed by atoms with E-state index in [1.165, 1.54) is 0 Å². The van der Waals surface area contributed by atoms with Gasteiger partial charge in [0.05, 0.1) is 5.92 Å². The van der Waals surface area contributed by atoms with Crippen LogP contribution in [0.3, 0.4) is 0 Å². The van der Waals surface area contributed by atoms with Gasteiger partial charge in [-0.1, -0.05) is 30.3 Å². The molecule has 4 heteroatoms. The van der Waals surface area contributed by atoms with Gasteiger partial charge < -0.3 is 15.1 Å². The van der Waals surface area contributed by atoms with Crippen molar-refractivity contribution in [3.05, 3.63) is 53.6 Å². The number of carboxylic acid groups (broad SMARTS) is 1. The first kappa shape index (κ1) is 15.6. The number of benzene rings is 2. The van der Waals surface area contributed by atoms with E-state index in [-0.39, 0.29) is 12.5 Å². The van der Waals surface area contributed by atoms with E-state index in [0.29, 0.717) is 19.5 Å². The van der Waals surface area contributed by atoms with Crippen molar-refractivity contribution in [2.75, 3.05) is 24.6 Å². The average Bonchev–Trinajstić information content (AvgIpc) is 2.45. The van der Waals surface area contributed by atoms with Crippen molar-refractivity contribution in [2.24, 2.45) is 5.92 Å². The van der Waals surface area contributed by atoms with Crippen LogP contribution in [0.5, 0.6) is 0 Å². The van der Waals surface area contributed by atoms with Gasteiger partial charge in [-0.2, -0.15) is 0 Å². The first-order valence-corrected chi connectivity index (χ1v) is 7.86. The highest BCUT2D eigenvalue weighted by Crippen LogP contribution is 2.31. The van der Waals surface area contributed by atoms with Gasteiger partial charge in [0.2, 0.25) is 0 Å². The van der Waals surface area contributed by atoms with Crippen LogP contribution in [-0.4, -0.2) is 35.9 Å². The first-order valence-electron chi connectivity index (χ1n) is 7.86. The van der Waals surface area contributed by atoms with E-state index in [0.717, 1.165) is 27.9 Å². The fraction of sp³-hybridized carbons (Fsp3) is 0.316. The van der Waals surface area contributed by atoms with Gasteiger partial charge in [0.15, 0.2) is 0 Å². The number of carboxylic acids is 1. The maximum atomic E-state index is 11.0. The van der Waals surface area contributed by atoms with Gasteiger partial charge in [-0.05, 0) is 47.7 Å². The molecule has 1 saturated heterocycles. The Labute approximate surface area is 136 Å². The first-order chi connectivity index (χ1) is 11.1. The molecule has 0 aliphatic carbocycles. The normalized spacial score (nSPS) is 14.6. The summed E-state index contributed by atoms with van der Waals surface area (Å²) in [4.78, 5) is 13.1. The molecule has 0 saturated carbocycles. The maximum Gasteiger partial charge on any atom is 0.310 e. The number of nitrogens with zero attached hydrogens (tertiary/aromatic N) is 1. The van der Waals surface area contributed by atoms with Crippen LogP contribution in [0.25, 0.3) is 11.1 Å². The molecule has 0 atom stereocenters. The predicted octanol–water partition coefficient (Wildman–Crippen LogP) is 2.72. The van der Waals surface area contributed by atoms with Crippen LogP contribution in [0.2, 0.25) is 0 Å². The summed E-state index contributed by atoms with van der Waals surface area (Å²) in [5, 5.41) is 18.1. The number of anilines is 1. The van der Waals surface area contributed by atoms with Gasteiger partial charge in [0.25, 0.3) is 0 Å². The lowest BCUT2D eigenvalue weighted by molar-refractivity contribution is -0.142. The minimum atomic E-state index is -0.717. The zero-order valence-corrected chi connectivity index (χ0v) is 13.2. The van der Waals surface area contributed by atoms with Crippen molar-refractivity contribution in [1.82, 2.24) is 0 Å². The van der Waals surface area contributed by atoms with Crippen LogP contribution < -0.4 is 4.90 Å². The highest BCUT2D eigenvalue weighted by atomic mass is 16.4. The van der Waals surface area contributed by atoms with E-state index in [2.05, 4.69) is 42.2 Å². The lowest BCUT2D eigenvalue weighted by Gasteiger charge is -2.39. The molecule has 120 valence electrons. The van der Waals surface area contributed by atoms with Gasteiger partial charge in [-0.25, -0.2) is 0 Å².